The Labute approximate surface area is 201 Å². The van der Waals surface area contributed by atoms with Crippen LogP contribution in [0.1, 0.15) is 32.1 Å². The van der Waals surface area contributed by atoms with Crippen LogP contribution < -0.4 is 15.5 Å². The van der Waals surface area contributed by atoms with Crippen LogP contribution in [0.2, 0.25) is 0 Å². The number of rotatable bonds is 7. The first kappa shape index (κ1) is 22.3. The van der Waals surface area contributed by atoms with Gasteiger partial charge in [0.15, 0.2) is 0 Å². The third-order valence-corrected chi connectivity index (χ3v) is 6.53. The molecule has 0 unspecified atom stereocenters. The molecule has 0 saturated carbocycles. The van der Waals surface area contributed by atoms with Gasteiger partial charge < -0.3 is 15.5 Å². The summed E-state index contributed by atoms with van der Waals surface area (Å²) in [6, 6.07) is 18.2. The maximum Gasteiger partial charge on any atom is 0.238 e. The average Bonchev–Trinajstić information content (AvgIpc) is 3.39. The van der Waals surface area contributed by atoms with Gasteiger partial charge in [-0.25, -0.2) is 9.97 Å². The van der Waals surface area contributed by atoms with Crippen LogP contribution >= 0.6 is 0 Å². The highest BCUT2D eigenvalue weighted by Crippen LogP contribution is 2.24. The van der Waals surface area contributed by atoms with Gasteiger partial charge in [-0.15, -0.1) is 0 Å². The fourth-order valence-corrected chi connectivity index (χ4v) is 4.69. The first-order valence-corrected chi connectivity index (χ1v) is 12.3. The van der Waals surface area contributed by atoms with Gasteiger partial charge in [0.25, 0.3) is 0 Å². The van der Waals surface area contributed by atoms with Crippen LogP contribution in [0, 0.1) is 0 Å². The number of hydrogen-bond acceptors (Lipinski definition) is 6. The van der Waals surface area contributed by atoms with E-state index in [0.29, 0.717) is 12.5 Å². The molecule has 7 nitrogen and oxygen atoms in total. The number of aromatic nitrogens is 2. The fraction of sp³-hybridized carbons (Fsp3) is 0.370. The number of piperidine rings is 1. The molecule has 0 aliphatic carbocycles. The molecule has 0 atom stereocenters. The quantitative estimate of drug-likeness (QED) is 0.526. The second kappa shape index (κ2) is 10.7. The van der Waals surface area contributed by atoms with Gasteiger partial charge in [0.1, 0.15) is 0 Å². The Hall–Kier alpha value is -3.45. The van der Waals surface area contributed by atoms with Crippen LogP contribution in [-0.4, -0.2) is 53.5 Å². The summed E-state index contributed by atoms with van der Waals surface area (Å²) in [5.41, 5.74) is 4.84. The summed E-state index contributed by atoms with van der Waals surface area (Å²) in [7, 11) is 0. The first-order valence-electron chi connectivity index (χ1n) is 12.3. The fourth-order valence-electron chi connectivity index (χ4n) is 4.69. The maximum absolute atomic E-state index is 12.3. The van der Waals surface area contributed by atoms with E-state index in [1.807, 2.05) is 30.3 Å². The van der Waals surface area contributed by atoms with Crippen molar-refractivity contribution in [3.63, 3.8) is 0 Å². The molecular formula is C27H32N6O. The average molecular weight is 457 g/mol. The van der Waals surface area contributed by atoms with Crippen molar-refractivity contribution in [2.24, 2.45) is 0 Å². The van der Waals surface area contributed by atoms with Gasteiger partial charge in [-0.1, -0.05) is 12.1 Å². The molecule has 2 saturated heterocycles. The summed E-state index contributed by atoms with van der Waals surface area (Å²) >= 11 is 0. The van der Waals surface area contributed by atoms with Gasteiger partial charge in [-0.05, 0) is 87.7 Å². The second-order valence-electron chi connectivity index (χ2n) is 9.09. The Bertz CT molecular complexity index is 1090. The van der Waals surface area contributed by atoms with Crippen LogP contribution in [-0.2, 0) is 4.79 Å². The van der Waals surface area contributed by atoms with Crippen LogP contribution in [0.5, 0.6) is 0 Å². The predicted molar refractivity (Wildman–Crippen MR) is 138 cm³/mol. The third-order valence-electron chi connectivity index (χ3n) is 6.53. The van der Waals surface area contributed by atoms with Gasteiger partial charge in [-0.2, -0.15) is 0 Å². The molecule has 176 valence electrons. The summed E-state index contributed by atoms with van der Waals surface area (Å²) in [5, 5.41) is 6.30. The molecule has 2 aliphatic rings. The van der Waals surface area contributed by atoms with Gasteiger partial charge in [0.05, 0.1) is 12.2 Å². The molecule has 0 radical (unpaired) electrons. The van der Waals surface area contributed by atoms with Crippen molar-refractivity contribution in [1.29, 1.82) is 0 Å². The van der Waals surface area contributed by atoms with Crippen molar-refractivity contribution < 1.29 is 4.79 Å². The standard InChI is InChI=1S/C27H32N6O/c34-26(20-32-16-4-5-17-32)29-22-8-6-21(7-9-22)25-14-15-28-27(31-25)30-23-10-12-24(13-11-23)33-18-2-1-3-19-33/h6-15H,1-5,16-20H2,(H,29,34)(H,28,30,31). The van der Waals surface area contributed by atoms with Crippen LogP contribution in [0.3, 0.4) is 0 Å². The van der Waals surface area contributed by atoms with Crippen molar-refractivity contribution in [2.75, 3.05) is 48.3 Å². The minimum absolute atomic E-state index is 0.0366. The van der Waals surface area contributed by atoms with E-state index in [4.69, 9.17) is 0 Å². The smallest absolute Gasteiger partial charge is 0.238 e. The summed E-state index contributed by atoms with van der Waals surface area (Å²) < 4.78 is 0. The van der Waals surface area contributed by atoms with E-state index in [9.17, 15) is 4.79 Å². The van der Waals surface area contributed by atoms with Crippen molar-refractivity contribution >= 4 is 28.9 Å². The Morgan fingerprint density at radius 3 is 2.21 bits per heavy atom. The molecule has 7 heteroatoms. The molecule has 2 N–H and O–H groups in total. The molecule has 34 heavy (non-hydrogen) atoms. The number of anilines is 4. The lowest BCUT2D eigenvalue weighted by atomic mass is 10.1. The van der Waals surface area contributed by atoms with E-state index >= 15 is 0 Å². The minimum Gasteiger partial charge on any atom is -0.372 e. The summed E-state index contributed by atoms with van der Waals surface area (Å²) in [4.78, 5) is 26.0. The molecule has 2 aliphatic heterocycles. The van der Waals surface area contributed by atoms with Gasteiger partial charge in [0.2, 0.25) is 11.9 Å². The van der Waals surface area contributed by atoms with E-state index in [2.05, 4.69) is 54.7 Å². The van der Waals surface area contributed by atoms with Crippen molar-refractivity contribution in [2.45, 2.75) is 32.1 Å². The Morgan fingerprint density at radius 2 is 1.47 bits per heavy atom. The van der Waals surface area contributed by atoms with Gasteiger partial charge >= 0.3 is 0 Å². The zero-order chi connectivity index (χ0) is 23.2. The van der Waals surface area contributed by atoms with E-state index < -0.39 is 0 Å². The number of hydrogen-bond donors (Lipinski definition) is 2. The lowest BCUT2D eigenvalue weighted by Gasteiger charge is -2.28. The van der Waals surface area contributed by atoms with E-state index in [0.717, 1.165) is 48.8 Å². The predicted octanol–water partition coefficient (Wildman–Crippen LogP) is 4.91. The van der Waals surface area contributed by atoms with E-state index in [-0.39, 0.29) is 5.91 Å². The number of nitrogens with one attached hydrogen (secondary N) is 2. The highest BCUT2D eigenvalue weighted by Gasteiger charge is 2.15. The monoisotopic (exact) mass is 456 g/mol. The zero-order valence-corrected chi connectivity index (χ0v) is 19.5. The molecule has 1 aromatic heterocycles. The first-order chi connectivity index (χ1) is 16.7. The molecule has 5 rings (SSSR count). The highest BCUT2D eigenvalue weighted by molar-refractivity contribution is 5.92. The zero-order valence-electron chi connectivity index (χ0n) is 19.5. The minimum atomic E-state index is 0.0366. The Balaban J connectivity index is 1.20. The third kappa shape index (κ3) is 5.72. The summed E-state index contributed by atoms with van der Waals surface area (Å²) in [6.07, 6.45) is 8.00. The summed E-state index contributed by atoms with van der Waals surface area (Å²) in [5.74, 6) is 0.598. The largest absolute Gasteiger partial charge is 0.372 e. The van der Waals surface area contributed by atoms with Crippen molar-refractivity contribution in [3.05, 3.63) is 60.8 Å². The number of carbonyl (C=O) groups excluding carboxylic acids is 1. The highest BCUT2D eigenvalue weighted by atomic mass is 16.2. The Morgan fingerprint density at radius 1 is 0.794 bits per heavy atom. The Kier molecular flexibility index (Phi) is 7.00. The lowest BCUT2D eigenvalue weighted by molar-refractivity contribution is -0.117. The molecule has 0 spiro atoms. The second-order valence-corrected chi connectivity index (χ2v) is 9.09. The molecule has 1 amide bonds. The normalized spacial score (nSPS) is 16.4. The van der Waals surface area contributed by atoms with Gasteiger partial charge in [0, 0.05) is 41.9 Å². The SMILES string of the molecule is O=C(CN1CCCC1)Nc1ccc(-c2ccnc(Nc3ccc(N4CCCCC4)cc3)n2)cc1. The van der Waals surface area contributed by atoms with Crippen LogP contribution in [0.15, 0.2) is 60.8 Å². The van der Waals surface area contributed by atoms with Crippen LogP contribution in [0.4, 0.5) is 23.0 Å². The molecule has 2 aromatic carbocycles. The number of likely N-dealkylation sites (tertiary alicyclic amines) is 1. The van der Waals surface area contributed by atoms with Crippen molar-refractivity contribution in [1.82, 2.24) is 14.9 Å². The lowest BCUT2D eigenvalue weighted by Crippen LogP contribution is -2.30. The molecule has 0 bridgehead atoms. The van der Waals surface area contributed by atoms with E-state index in [1.54, 1.807) is 6.20 Å². The molecule has 3 heterocycles. The number of amides is 1. The molecular weight excluding hydrogens is 424 g/mol. The topological polar surface area (TPSA) is 73.4 Å². The van der Waals surface area contributed by atoms with Crippen molar-refractivity contribution in [3.8, 4) is 11.3 Å². The number of nitrogens with zero attached hydrogens (tertiary/aromatic N) is 4. The molecule has 3 aromatic rings. The van der Waals surface area contributed by atoms with Crippen LogP contribution in [0.25, 0.3) is 11.3 Å². The van der Waals surface area contributed by atoms with Gasteiger partial charge in [-0.3, -0.25) is 9.69 Å². The summed E-state index contributed by atoms with van der Waals surface area (Å²) in [6.45, 7) is 4.76. The maximum atomic E-state index is 12.3. The number of carbonyl (C=O) groups is 1. The van der Waals surface area contributed by atoms with E-state index in [1.165, 1.54) is 37.8 Å². The number of benzene rings is 2. The molecule has 2 fully saturated rings.